The number of benzene rings is 1. The average Bonchev–Trinajstić information content (AvgIpc) is 2.60. The smallest absolute Gasteiger partial charge is 0.0952 e. The number of hydrogen-bond donors (Lipinski definition) is 1. The molecule has 5 unspecified atom stereocenters. The highest BCUT2D eigenvalue weighted by Crippen LogP contribution is 2.41. The first-order valence-corrected chi connectivity index (χ1v) is 8.57. The van der Waals surface area contributed by atoms with E-state index in [0.29, 0.717) is 11.8 Å². The van der Waals surface area contributed by atoms with Crippen molar-refractivity contribution in [1.82, 2.24) is 9.88 Å². The Hall–Kier alpha value is -1.71. The van der Waals surface area contributed by atoms with Crippen LogP contribution in [0.15, 0.2) is 43.1 Å². The van der Waals surface area contributed by atoms with Crippen LogP contribution in [0, 0.1) is 18.8 Å². The van der Waals surface area contributed by atoms with Crippen LogP contribution in [0.5, 0.6) is 0 Å². The molecule has 3 nitrogen and oxygen atoms in total. The molecule has 1 aromatic heterocycles. The Labute approximate surface area is 137 Å². The summed E-state index contributed by atoms with van der Waals surface area (Å²) in [4.78, 5) is 6.90. The Morgan fingerprint density at radius 1 is 1.39 bits per heavy atom. The summed E-state index contributed by atoms with van der Waals surface area (Å²) in [5.74, 6) is 1.26. The quantitative estimate of drug-likeness (QED) is 0.882. The molecule has 3 aliphatic heterocycles. The predicted octanol–water partition coefficient (Wildman–Crippen LogP) is 3.47. The average molecular weight is 308 g/mol. The van der Waals surface area contributed by atoms with E-state index in [9.17, 15) is 5.11 Å². The molecule has 3 saturated heterocycles. The van der Waals surface area contributed by atoms with Gasteiger partial charge in [0.05, 0.1) is 11.6 Å². The number of aliphatic hydroxyl groups excluding tert-OH is 1. The van der Waals surface area contributed by atoms with E-state index in [4.69, 9.17) is 0 Å². The number of nitrogens with zero attached hydrogens (tertiary/aromatic N) is 2. The second-order valence-electron chi connectivity index (χ2n) is 7.11. The maximum Gasteiger partial charge on any atom is 0.0952 e. The summed E-state index contributed by atoms with van der Waals surface area (Å²) in [7, 11) is 0. The number of fused-ring (bicyclic) bond motifs is 4. The zero-order valence-electron chi connectivity index (χ0n) is 13.7. The van der Waals surface area contributed by atoms with Gasteiger partial charge in [-0.15, -0.1) is 6.58 Å². The van der Waals surface area contributed by atoms with Crippen molar-refractivity contribution in [1.29, 1.82) is 0 Å². The van der Waals surface area contributed by atoms with E-state index in [1.54, 1.807) is 0 Å². The van der Waals surface area contributed by atoms with E-state index in [2.05, 4.69) is 41.6 Å². The number of aromatic nitrogens is 1. The lowest BCUT2D eigenvalue weighted by molar-refractivity contribution is -0.0444. The van der Waals surface area contributed by atoms with Crippen molar-refractivity contribution in [3.8, 4) is 0 Å². The van der Waals surface area contributed by atoms with Crippen molar-refractivity contribution in [3.05, 3.63) is 54.2 Å². The first-order chi connectivity index (χ1) is 11.2. The van der Waals surface area contributed by atoms with Crippen LogP contribution in [-0.4, -0.2) is 34.1 Å². The van der Waals surface area contributed by atoms with Gasteiger partial charge in [-0.05, 0) is 61.9 Å². The molecule has 2 aromatic rings. The molecule has 0 radical (unpaired) electrons. The summed E-state index contributed by atoms with van der Waals surface area (Å²) >= 11 is 0. The predicted molar refractivity (Wildman–Crippen MR) is 93.2 cm³/mol. The van der Waals surface area contributed by atoms with Gasteiger partial charge in [-0.25, -0.2) is 0 Å². The number of rotatable bonds is 3. The van der Waals surface area contributed by atoms with Crippen LogP contribution >= 0.6 is 0 Å². The van der Waals surface area contributed by atoms with Crippen LogP contribution in [0.1, 0.15) is 30.1 Å². The molecule has 0 spiro atoms. The lowest BCUT2D eigenvalue weighted by Gasteiger charge is -2.50. The van der Waals surface area contributed by atoms with Gasteiger partial charge in [-0.1, -0.05) is 17.7 Å². The van der Waals surface area contributed by atoms with E-state index >= 15 is 0 Å². The number of aliphatic hydroxyl groups is 1. The number of hydrogen-bond acceptors (Lipinski definition) is 3. The third-order valence-corrected chi connectivity index (χ3v) is 5.77. The highest BCUT2D eigenvalue weighted by molar-refractivity contribution is 5.83. The zero-order chi connectivity index (χ0) is 16.0. The molecule has 23 heavy (non-hydrogen) atoms. The van der Waals surface area contributed by atoms with Gasteiger partial charge in [0, 0.05) is 24.2 Å². The molecule has 120 valence electrons. The highest BCUT2D eigenvalue weighted by atomic mass is 16.3. The molecule has 5 atom stereocenters. The SMILES string of the molecule is C=CC1CN2CCC1CC2C(O)c1ccnc2ccc(C)cc12. The van der Waals surface area contributed by atoms with E-state index in [1.807, 2.05) is 18.3 Å². The summed E-state index contributed by atoms with van der Waals surface area (Å²) < 4.78 is 0. The largest absolute Gasteiger partial charge is 0.387 e. The Balaban J connectivity index is 1.69. The van der Waals surface area contributed by atoms with Crippen LogP contribution in [0.25, 0.3) is 10.9 Å². The van der Waals surface area contributed by atoms with E-state index < -0.39 is 6.10 Å². The molecule has 1 aromatic carbocycles. The molecular weight excluding hydrogens is 284 g/mol. The summed E-state index contributed by atoms with van der Waals surface area (Å²) in [6.07, 6.45) is 5.77. The van der Waals surface area contributed by atoms with Gasteiger partial charge in [-0.3, -0.25) is 9.88 Å². The van der Waals surface area contributed by atoms with Crippen molar-refractivity contribution in [3.63, 3.8) is 0 Å². The fourth-order valence-corrected chi connectivity index (χ4v) is 4.45. The molecule has 3 aliphatic rings. The van der Waals surface area contributed by atoms with Gasteiger partial charge in [0.1, 0.15) is 0 Å². The lowest BCUT2D eigenvalue weighted by atomic mass is 9.73. The van der Waals surface area contributed by atoms with Crippen LogP contribution in [0.2, 0.25) is 0 Å². The van der Waals surface area contributed by atoms with E-state index in [1.165, 1.54) is 12.0 Å². The lowest BCUT2D eigenvalue weighted by Crippen LogP contribution is -2.54. The molecule has 5 rings (SSSR count). The highest BCUT2D eigenvalue weighted by Gasteiger charge is 2.42. The van der Waals surface area contributed by atoms with Crippen LogP contribution < -0.4 is 0 Å². The van der Waals surface area contributed by atoms with Crippen molar-refractivity contribution in [2.75, 3.05) is 13.1 Å². The Bertz CT molecular complexity index is 741. The third kappa shape index (κ3) is 2.48. The number of piperidine rings is 3. The second-order valence-corrected chi connectivity index (χ2v) is 7.11. The summed E-state index contributed by atoms with van der Waals surface area (Å²) in [6.45, 7) is 8.21. The number of aryl methyl sites for hydroxylation is 1. The minimum Gasteiger partial charge on any atom is -0.387 e. The normalized spacial score (nSPS) is 31.2. The van der Waals surface area contributed by atoms with Crippen molar-refractivity contribution >= 4 is 10.9 Å². The van der Waals surface area contributed by atoms with Gasteiger partial charge >= 0.3 is 0 Å². The van der Waals surface area contributed by atoms with E-state index in [-0.39, 0.29) is 6.04 Å². The van der Waals surface area contributed by atoms with Gasteiger partial charge in [0.2, 0.25) is 0 Å². The van der Waals surface area contributed by atoms with E-state index in [0.717, 1.165) is 36.0 Å². The van der Waals surface area contributed by atoms with Crippen LogP contribution in [-0.2, 0) is 0 Å². The molecule has 1 N–H and O–H groups in total. The number of pyridine rings is 1. The summed E-state index contributed by atoms with van der Waals surface area (Å²) in [6, 6.07) is 8.47. The third-order valence-electron chi connectivity index (χ3n) is 5.77. The second kappa shape index (κ2) is 5.73. The first kappa shape index (κ1) is 14.9. The van der Waals surface area contributed by atoms with Gasteiger partial charge in [-0.2, -0.15) is 0 Å². The van der Waals surface area contributed by atoms with Gasteiger partial charge in [0.15, 0.2) is 0 Å². The Kier molecular flexibility index (Phi) is 3.70. The molecule has 3 heteroatoms. The first-order valence-electron chi connectivity index (χ1n) is 8.57. The topological polar surface area (TPSA) is 36.4 Å². The summed E-state index contributed by atoms with van der Waals surface area (Å²) in [5.41, 5.74) is 3.19. The molecule has 2 bridgehead atoms. The molecule has 0 saturated carbocycles. The zero-order valence-corrected chi connectivity index (χ0v) is 13.7. The van der Waals surface area contributed by atoms with Crippen molar-refractivity contribution in [2.24, 2.45) is 11.8 Å². The molecular formula is C20H24N2O. The fourth-order valence-electron chi connectivity index (χ4n) is 4.45. The van der Waals surface area contributed by atoms with Crippen LogP contribution in [0.3, 0.4) is 0 Å². The maximum absolute atomic E-state index is 11.1. The summed E-state index contributed by atoms with van der Waals surface area (Å²) in [5, 5.41) is 12.2. The standard InChI is InChI=1S/C20H24N2O/c1-3-14-12-22-9-7-15(14)11-19(22)20(23)16-6-8-21-18-5-4-13(2)10-17(16)18/h3-6,8,10,14-15,19-20,23H,1,7,9,11-12H2,2H3. The molecule has 4 heterocycles. The van der Waals surface area contributed by atoms with Crippen molar-refractivity contribution in [2.45, 2.75) is 31.9 Å². The Morgan fingerprint density at radius 2 is 2.26 bits per heavy atom. The van der Waals surface area contributed by atoms with Gasteiger partial charge < -0.3 is 5.11 Å². The van der Waals surface area contributed by atoms with Crippen molar-refractivity contribution < 1.29 is 5.11 Å². The maximum atomic E-state index is 11.1. The minimum atomic E-state index is -0.448. The minimum absolute atomic E-state index is 0.219. The molecule has 3 fully saturated rings. The molecule has 0 aliphatic carbocycles. The van der Waals surface area contributed by atoms with Crippen LogP contribution in [0.4, 0.5) is 0 Å². The Morgan fingerprint density at radius 3 is 3.00 bits per heavy atom. The molecule has 0 amide bonds. The monoisotopic (exact) mass is 308 g/mol. The fraction of sp³-hybridized carbons (Fsp3) is 0.450. The van der Waals surface area contributed by atoms with Gasteiger partial charge in [0.25, 0.3) is 0 Å².